The van der Waals surface area contributed by atoms with Gasteiger partial charge in [0.15, 0.2) is 0 Å². The Morgan fingerprint density at radius 3 is 2.54 bits per heavy atom. The lowest BCUT2D eigenvalue weighted by atomic mass is 10.1. The Bertz CT molecular complexity index is 1200. The first kappa shape index (κ1) is 17.9. The van der Waals surface area contributed by atoms with E-state index in [-0.39, 0.29) is 17.4 Å². The van der Waals surface area contributed by atoms with Gasteiger partial charge in [0.25, 0.3) is 0 Å². The minimum Gasteiger partial charge on any atom is -0.434 e. The van der Waals surface area contributed by atoms with Crippen LogP contribution in [0.3, 0.4) is 0 Å². The lowest BCUT2D eigenvalue weighted by molar-refractivity contribution is -0.386. The van der Waals surface area contributed by atoms with E-state index in [1.165, 1.54) is 12.7 Å². The number of nitro groups is 1. The van der Waals surface area contributed by atoms with Crippen LogP contribution >= 0.6 is 11.6 Å². The van der Waals surface area contributed by atoms with Crippen LogP contribution in [-0.2, 0) is 0 Å². The van der Waals surface area contributed by atoms with Gasteiger partial charge in [-0.1, -0.05) is 23.7 Å². The number of hydrogen-bond acceptors (Lipinski definition) is 6. The molecule has 2 aromatic heterocycles. The zero-order chi connectivity index (χ0) is 19.8. The number of nitrogens with zero attached hydrogens (tertiary/aromatic N) is 5. The molecule has 140 valence electrons. The minimum absolute atomic E-state index is 0.0751. The van der Waals surface area contributed by atoms with Crippen LogP contribution < -0.4 is 4.74 Å². The lowest BCUT2D eigenvalue weighted by Gasteiger charge is -2.11. The fraction of sp³-hybridized carbons (Fsp3) is 0.105. The van der Waals surface area contributed by atoms with Crippen LogP contribution in [-0.4, -0.2) is 24.4 Å². The van der Waals surface area contributed by atoms with Crippen LogP contribution in [0.5, 0.6) is 11.6 Å². The van der Waals surface area contributed by atoms with Crippen LogP contribution in [0.4, 0.5) is 5.69 Å². The van der Waals surface area contributed by atoms with Crippen molar-refractivity contribution in [1.82, 2.24) is 19.5 Å². The van der Waals surface area contributed by atoms with E-state index in [1.54, 1.807) is 22.8 Å². The second kappa shape index (κ2) is 6.90. The van der Waals surface area contributed by atoms with Crippen molar-refractivity contribution in [1.29, 1.82) is 0 Å². The summed E-state index contributed by atoms with van der Waals surface area (Å²) in [5.74, 6) is 0.322. The molecule has 28 heavy (non-hydrogen) atoms. The van der Waals surface area contributed by atoms with Crippen molar-refractivity contribution in [3.63, 3.8) is 0 Å². The first-order valence-electron chi connectivity index (χ1n) is 8.32. The largest absolute Gasteiger partial charge is 0.434 e. The van der Waals surface area contributed by atoms with E-state index in [1.807, 2.05) is 32.0 Å². The molecule has 0 saturated heterocycles. The second-order valence-electron chi connectivity index (χ2n) is 6.18. The van der Waals surface area contributed by atoms with E-state index in [0.717, 1.165) is 11.1 Å². The average molecular weight is 396 g/mol. The number of fused-ring (bicyclic) bond motifs is 1. The molecule has 0 unspecified atom stereocenters. The van der Waals surface area contributed by atoms with Crippen molar-refractivity contribution in [2.24, 2.45) is 0 Å². The molecule has 4 aromatic rings. The predicted octanol–water partition coefficient (Wildman–Crippen LogP) is 4.79. The molecule has 2 aromatic carbocycles. The van der Waals surface area contributed by atoms with E-state index in [9.17, 15) is 10.1 Å². The minimum atomic E-state index is -0.560. The number of benzene rings is 2. The highest BCUT2D eigenvalue weighted by atomic mass is 35.5. The molecule has 2 heterocycles. The Morgan fingerprint density at radius 2 is 1.82 bits per heavy atom. The summed E-state index contributed by atoms with van der Waals surface area (Å²) < 4.78 is 7.30. The Hall–Kier alpha value is -3.52. The summed E-state index contributed by atoms with van der Waals surface area (Å²) in [6.45, 7) is 3.67. The number of rotatable bonds is 4. The maximum absolute atomic E-state index is 11.8. The smallest absolute Gasteiger partial charge is 0.374 e. The van der Waals surface area contributed by atoms with Gasteiger partial charge in [-0.3, -0.25) is 14.7 Å². The summed E-state index contributed by atoms with van der Waals surface area (Å²) in [5.41, 5.74) is 2.63. The molecule has 0 aliphatic rings. The molecule has 0 fully saturated rings. The molecule has 8 nitrogen and oxygen atoms in total. The summed E-state index contributed by atoms with van der Waals surface area (Å²) in [6, 6.07) is 10.7. The van der Waals surface area contributed by atoms with Crippen molar-refractivity contribution in [2.45, 2.75) is 13.8 Å². The Labute approximate surface area is 164 Å². The van der Waals surface area contributed by atoms with Gasteiger partial charge in [-0.2, -0.15) is 4.98 Å². The molecule has 0 saturated carbocycles. The van der Waals surface area contributed by atoms with Crippen molar-refractivity contribution >= 4 is 28.3 Å². The Kier molecular flexibility index (Phi) is 4.40. The molecule has 0 spiro atoms. The number of aryl methyl sites for hydroxylation is 2. The van der Waals surface area contributed by atoms with Crippen LogP contribution in [0.25, 0.3) is 16.9 Å². The van der Waals surface area contributed by atoms with Crippen LogP contribution in [0, 0.1) is 24.0 Å². The highest BCUT2D eigenvalue weighted by Crippen LogP contribution is 2.35. The zero-order valence-electron chi connectivity index (χ0n) is 15.0. The van der Waals surface area contributed by atoms with Crippen LogP contribution in [0.15, 0.2) is 49.1 Å². The normalized spacial score (nSPS) is 11.0. The number of aromatic nitrogens is 4. The molecule has 0 aliphatic carbocycles. The van der Waals surface area contributed by atoms with Gasteiger partial charge < -0.3 is 4.74 Å². The third-order valence-electron chi connectivity index (χ3n) is 4.26. The topological polar surface area (TPSA) is 96.0 Å². The standard InChI is InChI=1S/C19H14ClN5O3/c1-11-7-13(8-12(2)16(11)20)28-19-17(25(26)27)18(21-9-22-19)24-10-23-14-5-3-4-6-15(14)24/h3-10H,1-2H3. The van der Waals surface area contributed by atoms with Crippen molar-refractivity contribution in [3.05, 3.63) is 75.3 Å². The molecule has 0 N–H and O–H groups in total. The van der Waals surface area contributed by atoms with Gasteiger partial charge in [-0.05, 0) is 49.2 Å². The molecular formula is C19H14ClN5O3. The highest BCUT2D eigenvalue weighted by Gasteiger charge is 2.27. The second-order valence-corrected chi connectivity index (χ2v) is 6.56. The number of halogens is 1. The molecule has 4 rings (SSSR count). The van der Waals surface area contributed by atoms with E-state index < -0.39 is 4.92 Å². The monoisotopic (exact) mass is 395 g/mol. The van der Waals surface area contributed by atoms with Gasteiger partial charge in [0.05, 0.1) is 16.0 Å². The molecule has 9 heteroatoms. The maximum atomic E-state index is 11.8. The van der Waals surface area contributed by atoms with E-state index in [4.69, 9.17) is 16.3 Å². The van der Waals surface area contributed by atoms with Gasteiger partial charge in [-0.15, -0.1) is 0 Å². The van der Waals surface area contributed by atoms with Gasteiger partial charge >= 0.3 is 11.6 Å². The third kappa shape index (κ3) is 3.03. The van der Waals surface area contributed by atoms with Crippen LogP contribution in [0.1, 0.15) is 11.1 Å². The number of para-hydroxylation sites is 2. The maximum Gasteiger partial charge on any atom is 0.374 e. The molecule has 0 aliphatic heterocycles. The van der Waals surface area contributed by atoms with Crippen molar-refractivity contribution in [3.8, 4) is 17.4 Å². The Balaban J connectivity index is 1.86. The van der Waals surface area contributed by atoms with Gasteiger partial charge in [0, 0.05) is 5.02 Å². The summed E-state index contributed by atoms with van der Waals surface area (Å²) in [5, 5.41) is 12.5. The molecule has 0 amide bonds. The SMILES string of the molecule is Cc1cc(Oc2ncnc(-n3cnc4ccccc43)c2[N+](=O)[O-])cc(C)c1Cl. The summed E-state index contributed by atoms with van der Waals surface area (Å²) >= 11 is 6.18. The van der Waals surface area contributed by atoms with E-state index >= 15 is 0 Å². The van der Waals surface area contributed by atoms with E-state index in [0.29, 0.717) is 21.8 Å². The third-order valence-corrected chi connectivity index (χ3v) is 4.85. The van der Waals surface area contributed by atoms with Crippen LogP contribution in [0.2, 0.25) is 5.02 Å². The quantitative estimate of drug-likeness (QED) is 0.364. The molecule has 0 radical (unpaired) electrons. The number of imidazole rings is 1. The average Bonchev–Trinajstić information content (AvgIpc) is 3.09. The van der Waals surface area contributed by atoms with Gasteiger partial charge in [0.2, 0.25) is 5.82 Å². The zero-order valence-corrected chi connectivity index (χ0v) is 15.7. The van der Waals surface area contributed by atoms with Gasteiger partial charge in [0.1, 0.15) is 18.4 Å². The number of hydrogen-bond donors (Lipinski definition) is 0. The number of ether oxygens (including phenoxy) is 1. The van der Waals surface area contributed by atoms with Gasteiger partial charge in [-0.25, -0.2) is 9.97 Å². The molecule has 0 bridgehead atoms. The van der Waals surface area contributed by atoms with Crippen molar-refractivity contribution < 1.29 is 9.66 Å². The van der Waals surface area contributed by atoms with E-state index in [2.05, 4.69) is 15.0 Å². The summed E-state index contributed by atoms with van der Waals surface area (Å²) in [7, 11) is 0. The predicted molar refractivity (Wildman–Crippen MR) is 104 cm³/mol. The van der Waals surface area contributed by atoms with Crippen molar-refractivity contribution in [2.75, 3.05) is 0 Å². The first-order chi connectivity index (χ1) is 13.5. The first-order valence-corrected chi connectivity index (χ1v) is 8.70. The summed E-state index contributed by atoms with van der Waals surface area (Å²) in [4.78, 5) is 23.6. The fourth-order valence-corrected chi connectivity index (χ4v) is 3.08. The Morgan fingerprint density at radius 1 is 1.11 bits per heavy atom. The molecular weight excluding hydrogens is 382 g/mol. The highest BCUT2D eigenvalue weighted by molar-refractivity contribution is 6.32. The molecule has 0 atom stereocenters. The lowest BCUT2D eigenvalue weighted by Crippen LogP contribution is -2.05. The fourth-order valence-electron chi connectivity index (χ4n) is 2.97. The summed E-state index contributed by atoms with van der Waals surface area (Å²) in [6.07, 6.45) is 2.71.